The van der Waals surface area contributed by atoms with Gasteiger partial charge >= 0.3 is 0 Å². The quantitative estimate of drug-likeness (QED) is 0.349. The van der Waals surface area contributed by atoms with E-state index in [1.165, 1.54) is 23.5 Å². The smallest absolute Gasteiger partial charge is 0.261 e. The lowest BCUT2D eigenvalue weighted by Gasteiger charge is -2.09. The molecule has 1 unspecified atom stereocenters. The Balaban J connectivity index is 2.08. The van der Waals surface area contributed by atoms with Crippen molar-refractivity contribution in [3.05, 3.63) is 35.0 Å². The molecule has 1 heterocycles. The van der Waals surface area contributed by atoms with E-state index in [1.807, 2.05) is 0 Å². The summed E-state index contributed by atoms with van der Waals surface area (Å²) in [7, 11) is 0. The fourth-order valence-electron chi connectivity index (χ4n) is 1.65. The van der Waals surface area contributed by atoms with Crippen molar-refractivity contribution < 1.29 is 14.4 Å². The van der Waals surface area contributed by atoms with Crippen molar-refractivity contribution in [2.45, 2.75) is 6.92 Å². The normalized spacial score (nSPS) is 13.4. The lowest BCUT2D eigenvalue weighted by atomic mass is 10.1. The van der Waals surface area contributed by atoms with Crippen LogP contribution in [0.3, 0.4) is 0 Å². The van der Waals surface area contributed by atoms with Gasteiger partial charge in [-0.3, -0.25) is 4.79 Å². The Morgan fingerprint density at radius 1 is 1.55 bits per heavy atom. The fourth-order valence-corrected chi connectivity index (χ4v) is 2.66. The third-order valence-electron chi connectivity index (χ3n) is 2.90. The molecule has 0 bridgehead atoms. The Bertz CT molecular complexity index is 669. The number of halogens is 1. The summed E-state index contributed by atoms with van der Waals surface area (Å²) in [5.74, 6) is -0.796. The van der Waals surface area contributed by atoms with E-state index in [1.54, 1.807) is 19.1 Å². The summed E-state index contributed by atoms with van der Waals surface area (Å²) < 4.78 is 13.8. The highest BCUT2D eigenvalue weighted by atomic mass is 32.1. The third-order valence-corrected chi connectivity index (χ3v) is 3.99. The van der Waals surface area contributed by atoms with Crippen LogP contribution in [0, 0.1) is 11.7 Å². The maximum atomic E-state index is 13.1. The van der Waals surface area contributed by atoms with Gasteiger partial charge in [-0.25, -0.2) is 4.39 Å². The molecule has 2 rings (SSSR count). The van der Waals surface area contributed by atoms with Crippen LogP contribution < -0.4 is 11.1 Å². The molecule has 1 aromatic heterocycles. The number of amides is 1. The van der Waals surface area contributed by atoms with Crippen molar-refractivity contribution in [3.63, 3.8) is 0 Å². The van der Waals surface area contributed by atoms with Crippen LogP contribution in [0.2, 0.25) is 0 Å². The predicted molar refractivity (Wildman–Crippen MR) is 76.7 cm³/mol. The third kappa shape index (κ3) is 3.05. The van der Waals surface area contributed by atoms with Crippen molar-refractivity contribution in [1.82, 2.24) is 5.32 Å². The number of nitrogens with zero attached hydrogens (tertiary/aromatic N) is 1. The zero-order valence-corrected chi connectivity index (χ0v) is 11.6. The van der Waals surface area contributed by atoms with Crippen molar-refractivity contribution in [2.75, 3.05) is 6.54 Å². The molecule has 2 aromatic rings. The van der Waals surface area contributed by atoms with E-state index >= 15 is 0 Å². The molecule has 0 fully saturated rings. The fraction of sp³-hybridized carbons (Fsp3) is 0.231. The van der Waals surface area contributed by atoms with Crippen LogP contribution >= 0.6 is 11.3 Å². The number of benzene rings is 1. The maximum Gasteiger partial charge on any atom is 0.261 e. The largest absolute Gasteiger partial charge is 0.409 e. The van der Waals surface area contributed by atoms with Gasteiger partial charge in [-0.2, -0.15) is 0 Å². The first-order valence-electron chi connectivity index (χ1n) is 5.96. The topological polar surface area (TPSA) is 87.7 Å². The Morgan fingerprint density at radius 3 is 3.00 bits per heavy atom. The van der Waals surface area contributed by atoms with E-state index in [9.17, 15) is 9.18 Å². The van der Waals surface area contributed by atoms with Crippen LogP contribution in [0.5, 0.6) is 0 Å². The first-order valence-corrected chi connectivity index (χ1v) is 6.77. The molecular formula is C13H14FN3O2S. The monoisotopic (exact) mass is 295 g/mol. The van der Waals surface area contributed by atoms with E-state index in [0.29, 0.717) is 4.88 Å². The SMILES string of the molecule is CC(CNC(=O)c1cc2ccc(F)cc2s1)/C(N)=N/O. The van der Waals surface area contributed by atoms with E-state index in [-0.39, 0.29) is 30.0 Å². The van der Waals surface area contributed by atoms with E-state index < -0.39 is 0 Å². The number of amidine groups is 1. The summed E-state index contributed by atoms with van der Waals surface area (Å²) in [5.41, 5.74) is 5.43. The Kier molecular flexibility index (Phi) is 4.19. The second-order valence-electron chi connectivity index (χ2n) is 4.43. The van der Waals surface area contributed by atoms with Crippen LogP contribution in [0.4, 0.5) is 4.39 Å². The van der Waals surface area contributed by atoms with Crippen molar-refractivity contribution >= 4 is 33.2 Å². The molecule has 7 heteroatoms. The Hall–Kier alpha value is -2.15. The minimum absolute atomic E-state index is 0.0590. The van der Waals surface area contributed by atoms with Gasteiger partial charge in [-0.1, -0.05) is 18.1 Å². The number of nitrogens with one attached hydrogen (secondary N) is 1. The molecule has 106 valence electrons. The van der Waals surface area contributed by atoms with E-state index in [2.05, 4.69) is 10.5 Å². The zero-order chi connectivity index (χ0) is 14.7. The van der Waals surface area contributed by atoms with Gasteiger partial charge < -0.3 is 16.3 Å². The van der Waals surface area contributed by atoms with Gasteiger partial charge in [0.25, 0.3) is 5.91 Å². The van der Waals surface area contributed by atoms with Crippen molar-refractivity contribution in [1.29, 1.82) is 0 Å². The molecule has 5 nitrogen and oxygen atoms in total. The minimum Gasteiger partial charge on any atom is -0.409 e. The van der Waals surface area contributed by atoms with Gasteiger partial charge in [-0.15, -0.1) is 11.3 Å². The molecular weight excluding hydrogens is 281 g/mol. The van der Waals surface area contributed by atoms with Gasteiger partial charge in [-0.05, 0) is 23.6 Å². The van der Waals surface area contributed by atoms with Crippen LogP contribution in [-0.2, 0) is 0 Å². The molecule has 1 aromatic carbocycles. The number of nitrogens with two attached hydrogens (primary N) is 1. The molecule has 0 spiro atoms. The Morgan fingerprint density at radius 2 is 2.30 bits per heavy atom. The summed E-state index contributed by atoms with van der Waals surface area (Å²) >= 11 is 1.22. The number of fused-ring (bicyclic) bond motifs is 1. The van der Waals surface area contributed by atoms with Gasteiger partial charge in [0.15, 0.2) is 0 Å². The predicted octanol–water partition coefficient (Wildman–Crippen LogP) is 2.15. The molecule has 0 radical (unpaired) electrons. The van der Waals surface area contributed by atoms with Gasteiger partial charge in [0.1, 0.15) is 11.7 Å². The number of thiophene rings is 1. The summed E-state index contributed by atoms with van der Waals surface area (Å²) in [6, 6.07) is 6.10. The van der Waals surface area contributed by atoms with Crippen molar-refractivity contribution in [3.8, 4) is 0 Å². The molecule has 1 atom stereocenters. The van der Waals surface area contributed by atoms with Gasteiger partial charge in [0, 0.05) is 17.2 Å². The average molecular weight is 295 g/mol. The number of rotatable bonds is 4. The molecule has 1 amide bonds. The van der Waals surface area contributed by atoms with Gasteiger partial charge in [0.05, 0.1) is 4.88 Å². The summed E-state index contributed by atoms with van der Waals surface area (Å²) in [5, 5.41) is 14.9. The highest BCUT2D eigenvalue weighted by Crippen LogP contribution is 2.26. The number of carbonyl (C=O) groups is 1. The molecule has 0 aliphatic rings. The van der Waals surface area contributed by atoms with E-state index in [0.717, 1.165) is 10.1 Å². The summed E-state index contributed by atoms with van der Waals surface area (Å²) in [6.07, 6.45) is 0. The number of hydrogen-bond acceptors (Lipinski definition) is 4. The molecule has 0 saturated heterocycles. The average Bonchev–Trinajstić information content (AvgIpc) is 2.86. The second-order valence-corrected chi connectivity index (χ2v) is 5.51. The number of carbonyl (C=O) groups excluding carboxylic acids is 1. The van der Waals surface area contributed by atoms with E-state index in [4.69, 9.17) is 10.9 Å². The highest BCUT2D eigenvalue weighted by Gasteiger charge is 2.13. The number of hydrogen-bond donors (Lipinski definition) is 3. The van der Waals surface area contributed by atoms with Crippen LogP contribution in [0.15, 0.2) is 29.4 Å². The standard InChI is InChI=1S/C13H14FN3O2S/c1-7(12(15)17-19)6-16-13(18)11-4-8-2-3-9(14)5-10(8)20-11/h2-5,7,19H,6H2,1H3,(H2,15,17)(H,16,18). The van der Waals surface area contributed by atoms with Gasteiger partial charge in [0.2, 0.25) is 0 Å². The van der Waals surface area contributed by atoms with Crippen LogP contribution in [-0.4, -0.2) is 23.5 Å². The maximum absolute atomic E-state index is 13.1. The van der Waals surface area contributed by atoms with Crippen LogP contribution in [0.1, 0.15) is 16.6 Å². The van der Waals surface area contributed by atoms with Crippen LogP contribution in [0.25, 0.3) is 10.1 Å². The zero-order valence-electron chi connectivity index (χ0n) is 10.8. The first kappa shape index (κ1) is 14.3. The molecule has 0 aliphatic carbocycles. The van der Waals surface area contributed by atoms with Crippen molar-refractivity contribution in [2.24, 2.45) is 16.8 Å². The summed E-state index contributed by atoms with van der Waals surface area (Å²) in [4.78, 5) is 12.5. The Labute approximate surface area is 118 Å². The highest BCUT2D eigenvalue weighted by molar-refractivity contribution is 7.20. The molecule has 0 aliphatic heterocycles. The molecule has 20 heavy (non-hydrogen) atoms. The second kappa shape index (κ2) is 5.87. The number of oxime groups is 1. The minimum atomic E-state index is -0.327. The summed E-state index contributed by atoms with van der Waals surface area (Å²) in [6.45, 7) is 1.99. The lowest BCUT2D eigenvalue weighted by Crippen LogP contribution is -2.34. The molecule has 4 N–H and O–H groups in total. The molecule has 0 saturated carbocycles. The first-order chi connectivity index (χ1) is 9.51. The lowest BCUT2D eigenvalue weighted by molar-refractivity contribution is 0.0955.